The molecule has 3 rings (SSSR count). The quantitative estimate of drug-likeness (QED) is 0.651. The van der Waals surface area contributed by atoms with Gasteiger partial charge in [0.25, 0.3) is 0 Å². The molecule has 1 aliphatic rings. The monoisotopic (exact) mass is 363 g/mol. The number of furan rings is 1. The number of aliphatic hydroxyl groups is 1. The van der Waals surface area contributed by atoms with Crippen molar-refractivity contribution in [2.75, 3.05) is 26.8 Å². The number of ether oxygens (including phenoxy) is 1. The predicted octanol–water partition coefficient (Wildman–Crippen LogP) is 3.40. The minimum atomic E-state index is -0.426. The van der Waals surface area contributed by atoms with Crippen LogP contribution in [-0.4, -0.2) is 42.8 Å². The highest BCUT2D eigenvalue weighted by molar-refractivity contribution is 6.32. The summed E-state index contributed by atoms with van der Waals surface area (Å²) in [5, 5.41) is 11.0. The Hall–Kier alpha value is -1.82. The van der Waals surface area contributed by atoms with Crippen LogP contribution in [0.1, 0.15) is 30.2 Å². The second-order valence-electron chi connectivity index (χ2n) is 6.20. The lowest BCUT2D eigenvalue weighted by atomic mass is 10.0. The van der Waals surface area contributed by atoms with Crippen molar-refractivity contribution in [3.8, 4) is 0 Å². The van der Waals surface area contributed by atoms with E-state index >= 15 is 0 Å². The molecule has 0 unspecified atom stereocenters. The van der Waals surface area contributed by atoms with Gasteiger partial charge in [-0.25, -0.2) is 4.79 Å². The predicted molar refractivity (Wildman–Crippen MR) is 97.6 cm³/mol. The molecule has 25 heavy (non-hydrogen) atoms. The molecule has 134 valence electrons. The first-order valence-corrected chi connectivity index (χ1v) is 8.82. The Bertz CT molecular complexity index is 824. The SMILES string of the molecule is CCOC(=O)/C(=C/c1oc2ccc(Cl)c3c2c1CN(C)CC3)CCO. The van der Waals surface area contributed by atoms with Crippen LogP contribution in [0.4, 0.5) is 0 Å². The van der Waals surface area contributed by atoms with Crippen molar-refractivity contribution in [1.82, 2.24) is 4.90 Å². The van der Waals surface area contributed by atoms with Crippen LogP contribution >= 0.6 is 11.6 Å². The minimum Gasteiger partial charge on any atom is -0.463 e. The van der Waals surface area contributed by atoms with Crippen molar-refractivity contribution in [1.29, 1.82) is 0 Å². The summed E-state index contributed by atoms with van der Waals surface area (Å²) >= 11 is 6.40. The topological polar surface area (TPSA) is 62.9 Å². The molecule has 2 heterocycles. The van der Waals surface area contributed by atoms with E-state index in [4.69, 9.17) is 20.8 Å². The van der Waals surface area contributed by atoms with E-state index in [-0.39, 0.29) is 19.6 Å². The van der Waals surface area contributed by atoms with Crippen molar-refractivity contribution < 1.29 is 19.1 Å². The standard InChI is InChI=1S/C19H22ClNO4/c1-3-24-19(23)12(7-9-22)10-17-14-11-21(2)8-6-13-15(20)4-5-16(25-17)18(13)14/h4-5,10,22H,3,6-9,11H2,1-2H3/b12-10+. The van der Waals surface area contributed by atoms with Crippen molar-refractivity contribution >= 4 is 34.6 Å². The smallest absolute Gasteiger partial charge is 0.334 e. The summed E-state index contributed by atoms with van der Waals surface area (Å²) in [6.45, 7) is 3.53. The Morgan fingerprint density at radius 2 is 2.24 bits per heavy atom. The van der Waals surface area contributed by atoms with E-state index in [0.29, 0.717) is 17.9 Å². The van der Waals surface area contributed by atoms with Crippen LogP contribution in [0.3, 0.4) is 0 Å². The first-order valence-electron chi connectivity index (χ1n) is 8.45. The second kappa shape index (κ2) is 7.60. The minimum absolute atomic E-state index is 0.128. The molecule has 1 aromatic heterocycles. The van der Waals surface area contributed by atoms with E-state index in [9.17, 15) is 9.90 Å². The molecule has 0 fully saturated rings. The lowest BCUT2D eigenvalue weighted by Crippen LogP contribution is -2.18. The summed E-state index contributed by atoms with van der Waals surface area (Å²) < 4.78 is 11.1. The van der Waals surface area contributed by atoms with E-state index in [1.807, 2.05) is 19.2 Å². The summed E-state index contributed by atoms with van der Waals surface area (Å²) in [5.41, 5.74) is 3.27. The number of benzene rings is 1. The Labute approximate surface area is 151 Å². The maximum atomic E-state index is 12.1. The zero-order valence-corrected chi connectivity index (χ0v) is 15.2. The van der Waals surface area contributed by atoms with Gasteiger partial charge in [-0.2, -0.15) is 0 Å². The number of halogens is 1. The van der Waals surface area contributed by atoms with E-state index in [1.165, 1.54) is 0 Å². The molecule has 6 heteroatoms. The number of likely N-dealkylation sites (N-methyl/N-ethyl adjacent to an activating group) is 1. The van der Waals surface area contributed by atoms with Crippen LogP contribution in [0.25, 0.3) is 17.0 Å². The molecular weight excluding hydrogens is 342 g/mol. The van der Waals surface area contributed by atoms with Crippen molar-refractivity contribution in [2.24, 2.45) is 0 Å². The van der Waals surface area contributed by atoms with Crippen LogP contribution in [-0.2, 0) is 22.5 Å². The van der Waals surface area contributed by atoms with Gasteiger partial charge >= 0.3 is 5.97 Å². The molecule has 1 aliphatic heterocycles. The molecule has 2 aromatic rings. The number of hydrogen-bond acceptors (Lipinski definition) is 5. The van der Waals surface area contributed by atoms with E-state index < -0.39 is 5.97 Å². The van der Waals surface area contributed by atoms with E-state index in [2.05, 4.69) is 4.90 Å². The van der Waals surface area contributed by atoms with Crippen LogP contribution in [0, 0.1) is 0 Å². The summed E-state index contributed by atoms with van der Waals surface area (Å²) in [6.07, 6.45) is 2.77. The average molecular weight is 364 g/mol. The highest BCUT2D eigenvalue weighted by Crippen LogP contribution is 2.37. The summed E-state index contributed by atoms with van der Waals surface area (Å²) in [6, 6.07) is 3.72. The number of carbonyl (C=O) groups excluding carboxylic acids is 1. The summed E-state index contributed by atoms with van der Waals surface area (Å²) in [5.74, 6) is 0.202. The van der Waals surface area contributed by atoms with Crippen LogP contribution < -0.4 is 0 Å². The molecule has 0 aliphatic carbocycles. The maximum Gasteiger partial charge on any atom is 0.334 e. The van der Waals surface area contributed by atoms with Gasteiger partial charge in [0.2, 0.25) is 0 Å². The van der Waals surface area contributed by atoms with Crippen LogP contribution in [0.2, 0.25) is 5.02 Å². The van der Waals surface area contributed by atoms with Gasteiger partial charge in [0.05, 0.1) is 6.61 Å². The Balaban J connectivity index is 2.15. The summed E-state index contributed by atoms with van der Waals surface area (Å²) in [7, 11) is 2.05. The zero-order chi connectivity index (χ0) is 18.0. The van der Waals surface area contributed by atoms with Crippen LogP contribution in [0.5, 0.6) is 0 Å². The fraction of sp³-hybridized carbons (Fsp3) is 0.421. The molecule has 0 spiro atoms. The molecule has 1 aromatic carbocycles. The molecular formula is C19H22ClNO4. The lowest BCUT2D eigenvalue weighted by molar-refractivity contribution is -0.138. The number of hydrogen-bond donors (Lipinski definition) is 1. The Morgan fingerprint density at radius 3 is 2.96 bits per heavy atom. The number of esters is 1. The zero-order valence-electron chi connectivity index (χ0n) is 14.5. The van der Waals surface area contributed by atoms with Gasteiger partial charge in [0.1, 0.15) is 11.3 Å². The van der Waals surface area contributed by atoms with Crippen molar-refractivity contribution in [3.05, 3.63) is 39.6 Å². The molecule has 0 saturated heterocycles. The van der Waals surface area contributed by atoms with Crippen LogP contribution in [0.15, 0.2) is 22.1 Å². The van der Waals surface area contributed by atoms with Gasteiger partial charge in [-0.1, -0.05) is 11.6 Å². The van der Waals surface area contributed by atoms with Gasteiger partial charge in [0, 0.05) is 47.7 Å². The first kappa shape index (κ1) is 18.0. The molecule has 0 amide bonds. The number of aliphatic hydroxyl groups excluding tert-OH is 1. The highest BCUT2D eigenvalue weighted by Gasteiger charge is 2.23. The number of carbonyl (C=O) groups is 1. The number of rotatable bonds is 5. The molecule has 1 N–H and O–H groups in total. The van der Waals surface area contributed by atoms with E-state index in [1.54, 1.807) is 13.0 Å². The second-order valence-corrected chi connectivity index (χ2v) is 6.60. The van der Waals surface area contributed by atoms with Crippen molar-refractivity contribution in [3.63, 3.8) is 0 Å². The van der Waals surface area contributed by atoms with Gasteiger partial charge in [-0.15, -0.1) is 0 Å². The average Bonchev–Trinajstić information content (AvgIpc) is 2.80. The molecule has 0 saturated carbocycles. The van der Waals surface area contributed by atoms with E-state index in [0.717, 1.165) is 40.1 Å². The maximum absolute atomic E-state index is 12.1. The fourth-order valence-electron chi connectivity index (χ4n) is 3.23. The fourth-order valence-corrected chi connectivity index (χ4v) is 3.48. The molecule has 5 nitrogen and oxygen atoms in total. The van der Waals surface area contributed by atoms with Gasteiger partial charge in [-0.05, 0) is 44.2 Å². The Morgan fingerprint density at radius 1 is 1.44 bits per heavy atom. The van der Waals surface area contributed by atoms with Crippen molar-refractivity contribution in [2.45, 2.75) is 26.3 Å². The third-order valence-corrected chi connectivity index (χ3v) is 4.79. The molecule has 0 radical (unpaired) electrons. The Kier molecular flexibility index (Phi) is 5.47. The third-order valence-electron chi connectivity index (χ3n) is 4.43. The van der Waals surface area contributed by atoms with Gasteiger partial charge in [-0.3, -0.25) is 0 Å². The number of nitrogens with zero attached hydrogens (tertiary/aromatic N) is 1. The van der Waals surface area contributed by atoms with Gasteiger partial charge < -0.3 is 19.2 Å². The summed E-state index contributed by atoms with van der Waals surface area (Å²) in [4.78, 5) is 14.3. The first-order chi connectivity index (χ1) is 12.0. The lowest BCUT2D eigenvalue weighted by Gasteiger charge is -2.13. The molecule has 0 bridgehead atoms. The van der Waals surface area contributed by atoms with Gasteiger partial charge in [0.15, 0.2) is 0 Å². The normalized spacial score (nSPS) is 15.4. The highest BCUT2D eigenvalue weighted by atomic mass is 35.5. The largest absolute Gasteiger partial charge is 0.463 e. The molecule has 0 atom stereocenters. The third kappa shape index (κ3) is 3.59.